The van der Waals surface area contributed by atoms with E-state index in [0.29, 0.717) is 12.0 Å². The van der Waals surface area contributed by atoms with Crippen LogP contribution in [0.2, 0.25) is 0 Å². The van der Waals surface area contributed by atoms with Crippen molar-refractivity contribution in [3.05, 3.63) is 67.9 Å². The number of aryl methyl sites for hydroxylation is 1. The van der Waals surface area contributed by atoms with Crippen molar-refractivity contribution in [3.63, 3.8) is 0 Å². The highest BCUT2D eigenvalue weighted by Gasteiger charge is 2.13. The predicted octanol–water partition coefficient (Wildman–Crippen LogP) is 5.16. The van der Waals surface area contributed by atoms with Gasteiger partial charge in [0.15, 0.2) is 0 Å². The van der Waals surface area contributed by atoms with Crippen molar-refractivity contribution in [3.8, 4) is 0 Å². The number of benzene rings is 2. The molecule has 0 aliphatic rings. The molecule has 4 heteroatoms. The van der Waals surface area contributed by atoms with Crippen LogP contribution in [0.4, 0.5) is 4.39 Å². The maximum atomic E-state index is 13.9. The van der Waals surface area contributed by atoms with Crippen molar-refractivity contribution >= 4 is 31.9 Å². The Morgan fingerprint density at radius 3 is 2.50 bits per heavy atom. The van der Waals surface area contributed by atoms with Crippen LogP contribution in [0.25, 0.3) is 0 Å². The lowest BCUT2D eigenvalue weighted by Crippen LogP contribution is -2.19. The molecule has 2 aromatic carbocycles. The van der Waals surface area contributed by atoms with Gasteiger partial charge in [0.25, 0.3) is 0 Å². The van der Waals surface area contributed by atoms with Gasteiger partial charge < -0.3 is 5.32 Å². The van der Waals surface area contributed by atoms with E-state index in [0.717, 1.165) is 14.5 Å². The molecule has 106 valence electrons. The van der Waals surface area contributed by atoms with E-state index in [1.54, 1.807) is 0 Å². The Bertz CT molecular complexity index is 613. The summed E-state index contributed by atoms with van der Waals surface area (Å²) < 4.78 is 15.8. The van der Waals surface area contributed by atoms with Gasteiger partial charge in [-0.05, 0) is 55.3 Å². The Labute approximate surface area is 135 Å². The van der Waals surface area contributed by atoms with Crippen LogP contribution in [0, 0.1) is 12.7 Å². The molecule has 0 amide bonds. The van der Waals surface area contributed by atoms with E-state index < -0.39 is 0 Å². The minimum atomic E-state index is -0.173. The van der Waals surface area contributed by atoms with Crippen molar-refractivity contribution in [2.75, 3.05) is 7.05 Å². The first kappa shape index (κ1) is 15.7. The Hall–Kier alpha value is -0.710. The fraction of sp³-hybridized carbons (Fsp3) is 0.250. The summed E-state index contributed by atoms with van der Waals surface area (Å²) in [4.78, 5) is 0. The molecule has 0 radical (unpaired) electrons. The smallest absolute Gasteiger partial charge is 0.127 e. The normalized spacial score (nSPS) is 12.4. The second-order valence-electron chi connectivity index (χ2n) is 4.79. The molecular formula is C16H16Br2FN. The van der Waals surface area contributed by atoms with E-state index >= 15 is 0 Å². The first-order chi connectivity index (χ1) is 9.51. The maximum absolute atomic E-state index is 13.9. The summed E-state index contributed by atoms with van der Waals surface area (Å²) in [7, 11) is 1.90. The second kappa shape index (κ2) is 6.83. The Kier molecular flexibility index (Phi) is 5.35. The molecule has 0 bridgehead atoms. The van der Waals surface area contributed by atoms with Gasteiger partial charge >= 0.3 is 0 Å². The standard InChI is InChI=1S/C16H16Br2FN/c1-10-7-12(4-6-14(10)18)16(20-2)8-11-3-5-13(17)9-15(11)19/h3-7,9,16,20H,8H2,1-2H3. The van der Waals surface area contributed by atoms with Gasteiger partial charge in [-0.1, -0.05) is 50.1 Å². The van der Waals surface area contributed by atoms with Crippen LogP contribution < -0.4 is 5.32 Å². The molecule has 1 nitrogen and oxygen atoms in total. The van der Waals surface area contributed by atoms with Crippen molar-refractivity contribution in [2.24, 2.45) is 0 Å². The van der Waals surface area contributed by atoms with Crippen molar-refractivity contribution < 1.29 is 4.39 Å². The van der Waals surface area contributed by atoms with E-state index in [4.69, 9.17) is 0 Å². The molecule has 2 rings (SSSR count). The lowest BCUT2D eigenvalue weighted by Gasteiger charge is -2.18. The average Bonchev–Trinajstić information content (AvgIpc) is 2.41. The summed E-state index contributed by atoms with van der Waals surface area (Å²) in [6, 6.07) is 11.5. The first-order valence-corrected chi connectivity index (χ1v) is 7.97. The fourth-order valence-corrected chi connectivity index (χ4v) is 2.76. The zero-order valence-electron chi connectivity index (χ0n) is 11.4. The minimum absolute atomic E-state index is 0.0949. The highest BCUT2D eigenvalue weighted by Crippen LogP contribution is 2.25. The summed E-state index contributed by atoms with van der Waals surface area (Å²) in [5.41, 5.74) is 3.06. The van der Waals surface area contributed by atoms with Crippen molar-refractivity contribution in [1.82, 2.24) is 5.32 Å². The Balaban J connectivity index is 2.26. The summed E-state index contributed by atoms with van der Waals surface area (Å²) in [6.07, 6.45) is 0.622. The van der Waals surface area contributed by atoms with Crippen LogP contribution in [-0.4, -0.2) is 7.05 Å². The number of halogens is 3. The number of hydrogen-bond acceptors (Lipinski definition) is 1. The molecule has 2 aromatic rings. The third kappa shape index (κ3) is 3.68. The van der Waals surface area contributed by atoms with Crippen LogP contribution >= 0.6 is 31.9 Å². The molecule has 1 N–H and O–H groups in total. The molecule has 0 heterocycles. The van der Waals surface area contributed by atoms with Gasteiger partial charge in [-0.2, -0.15) is 0 Å². The topological polar surface area (TPSA) is 12.0 Å². The van der Waals surface area contributed by atoms with E-state index in [2.05, 4.69) is 56.2 Å². The third-order valence-corrected chi connectivity index (χ3v) is 4.75. The molecule has 1 atom stereocenters. The predicted molar refractivity (Wildman–Crippen MR) is 88.5 cm³/mol. The molecule has 0 aliphatic carbocycles. The Morgan fingerprint density at radius 2 is 1.90 bits per heavy atom. The number of nitrogens with one attached hydrogen (secondary N) is 1. The molecule has 0 aliphatic heterocycles. The van der Waals surface area contributed by atoms with Gasteiger partial charge in [-0.25, -0.2) is 4.39 Å². The number of rotatable bonds is 4. The molecule has 1 unspecified atom stereocenters. The van der Waals surface area contributed by atoms with Gasteiger partial charge in [0.2, 0.25) is 0 Å². The lowest BCUT2D eigenvalue weighted by molar-refractivity contribution is 0.554. The molecule has 0 spiro atoms. The van der Waals surface area contributed by atoms with Gasteiger partial charge in [0, 0.05) is 15.0 Å². The van der Waals surface area contributed by atoms with E-state index in [1.807, 2.05) is 25.2 Å². The second-order valence-corrected chi connectivity index (χ2v) is 6.56. The van der Waals surface area contributed by atoms with Crippen molar-refractivity contribution in [2.45, 2.75) is 19.4 Å². The van der Waals surface area contributed by atoms with Crippen LogP contribution in [0.1, 0.15) is 22.7 Å². The van der Waals surface area contributed by atoms with Crippen LogP contribution in [0.15, 0.2) is 45.3 Å². The zero-order chi connectivity index (χ0) is 14.7. The van der Waals surface area contributed by atoms with E-state index in [9.17, 15) is 4.39 Å². The molecule has 0 saturated carbocycles. The maximum Gasteiger partial charge on any atom is 0.127 e. The minimum Gasteiger partial charge on any atom is -0.313 e. The summed E-state index contributed by atoms with van der Waals surface area (Å²) in [5.74, 6) is -0.173. The Morgan fingerprint density at radius 1 is 1.15 bits per heavy atom. The molecule has 0 aromatic heterocycles. The summed E-state index contributed by atoms with van der Waals surface area (Å²) in [6.45, 7) is 2.06. The highest BCUT2D eigenvalue weighted by atomic mass is 79.9. The average molecular weight is 401 g/mol. The monoisotopic (exact) mass is 399 g/mol. The van der Waals surface area contributed by atoms with Crippen LogP contribution in [0.5, 0.6) is 0 Å². The summed E-state index contributed by atoms with van der Waals surface area (Å²) in [5, 5.41) is 3.26. The fourth-order valence-electron chi connectivity index (χ4n) is 2.18. The third-order valence-electron chi connectivity index (χ3n) is 3.37. The molecule has 0 saturated heterocycles. The quantitative estimate of drug-likeness (QED) is 0.747. The number of likely N-dealkylation sites (N-methyl/N-ethyl adjacent to an activating group) is 1. The van der Waals surface area contributed by atoms with E-state index in [1.165, 1.54) is 11.6 Å². The first-order valence-electron chi connectivity index (χ1n) is 6.38. The highest BCUT2D eigenvalue weighted by molar-refractivity contribution is 9.10. The molecule has 0 fully saturated rings. The van der Waals surface area contributed by atoms with Gasteiger partial charge in [0.05, 0.1) is 0 Å². The van der Waals surface area contributed by atoms with Gasteiger partial charge in [-0.15, -0.1) is 0 Å². The number of hydrogen-bond donors (Lipinski definition) is 1. The van der Waals surface area contributed by atoms with Crippen molar-refractivity contribution in [1.29, 1.82) is 0 Å². The molecule has 20 heavy (non-hydrogen) atoms. The zero-order valence-corrected chi connectivity index (χ0v) is 14.6. The SMILES string of the molecule is CNC(Cc1ccc(Br)cc1F)c1ccc(Br)c(C)c1. The lowest BCUT2D eigenvalue weighted by atomic mass is 9.97. The van der Waals surface area contributed by atoms with Gasteiger partial charge in [-0.3, -0.25) is 0 Å². The van der Waals surface area contributed by atoms with Crippen LogP contribution in [0.3, 0.4) is 0 Å². The van der Waals surface area contributed by atoms with Gasteiger partial charge in [0.1, 0.15) is 5.82 Å². The summed E-state index contributed by atoms with van der Waals surface area (Å²) >= 11 is 6.78. The van der Waals surface area contributed by atoms with E-state index in [-0.39, 0.29) is 11.9 Å². The van der Waals surface area contributed by atoms with Crippen LogP contribution in [-0.2, 0) is 6.42 Å². The largest absolute Gasteiger partial charge is 0.313 e. The molecular weight excluding hydrogens is 385 g/mol.